The predicted octanol–water partition coefficient (Wildman–Crippen LogP) is 7.59. The van der Waals surface area contributed by atoms with Crippen LogP contribution < -0.4 is 0 Å². The molecule has 0 aromatic heterocycles. The molecule has 140 valence electrons. The molecule has 0 fully saturated rings. The molecule has 0 spiro atoms. The van der Waals surface area contributed by atoms with Gasteiger partial charge < -0.3 is 0 Å². The van der Waals surface area contributed by atoms with Gasteiger partial charge in [-0.05, 0) is 46.2 Å². The van der Waals surface area contributed by atoms with Crippen LogP contribution in [0.2, 0.25) is 0 Å². The van der Waals surface area contributed by atoms with Crippen LogP contribution >= 0.6 is 0 Å². The van der Waals surface area contributed by atoms with Crippen LogP contribution in [0.5, 0.6) is 0 Å². The van der Waals surface area contributed by atoms with Crippen LogP contribution in [0.1, 0.15) is 125 Å². The minimum atomic E-state index is 0.394. The Kier molecular flexibility index (Phi) is 15.5. The van der Waals surface area contributed by atoms with Crippen molar-refractivity contribution in [3.63, 3.8) is 0 Å². The molecule has 0 radical (unpaired) electrons. The van der Waals surface area contributed by atoms with Gasteiger partial charge in [-0.25, -0.2) is 0 Å². The van der Waals surface area contributed by atoms with Crippen molar-refractivity contribution in [2.24, 2.45) is 0 Å². The second kappa shape index (κ2) is 15.5. The molecule has 0 saturated carbocycles. The van der Waals surface area contributed by atoms with Crippen molar-refractivity contribution in [2.75, 3.05) is 13.1 Å². The summed E-state index contributed by atoms with van der Waals surface area (Å²) in [5, 5.41) is 0. The van der Waals surface area contributed by atoms with Gasteiger partial charge >= 0.3 is 0 Å². The molecule has 0 aliphatic heterocycles. The van der Waals surface area contributed by atoms with E-state index in [-0.39, 0.29) is 0 Å². The van der Waals surface area contributed by atoms with E-state index in [2.05, 4.69) is 39.5 Å². The monoisotopic (exact) mass is 325 g/mol. The molecule has 0 N–H and O–H groups in total. The average Bonchev–Trinajstić information content (AvgIpc) is 2.52. The lowest BCUT2D eigenvalue weighted by molar-refractivity contribution is 0.103. The van der Waals surface area contributed by atoms with Crippen molar-refractivity contribution in [2.45, 2.75) is 130 Å². The number of hydrogen-bond acceptors (Lipinski definition) is 1. The molecule has 1 heteroatoms. The lowest BCUT2D eigenvalue weighted by atomic mass is 9.93. The lowest BCUT2D eigenvalue weighted by Crippen LogP contribution is -2.45. The van der Waals surface area contributed by atoms with E-state index in [1.54, 1.807) is 0 Å². The van der Waals surface area contributed by atoms with Gasteiger partial charge in [0.25, 0.3) is 0 Å². The van der Waals surface area contributed by atoms with Crippen LogP contribution in [-0.4, -0.2) is 23.5 Å². The standard InChI is InChI=1S/C22H47N/c1-6-9-12-13-14-15-16-19-22(4,5)23(20-17-10-7-2)21-18-11-8-3/h6-21H2,1-5H3. The van der Waals surface area contributed by atoms with Crippen molar-refractivity contribution >= 4 is 0 Å². The summed E-state index contributed by atoms with van der Waals surface area (Å²) in [6.07, 6.45) is 19.5. The third-order valence-corrected chi connectivity index (χ3v) is 5.31. The fraction of sp³-hybridized carbons (Fsp3) is 1.00. The fourth-order valence-corrected chi connectivity index (χ4v) is 3.50. The van der Waals surface area contributed by atoms with Crippen LogP contribution in [0.25, 0.3) is 0 Å². The third-order valence-electron chi connectivity index (χ3n) is 5.31. The largest absolute Gasteiger partial charge is 0.298 e. The van der Waals surface area contributed by atoms with E-state index < -0.39 is 0 Å². The summed E-state index contributed by atoms with van der Waals surface area (Å²) in [5.74, 6) is 0. The van der Waals surface area contributed by atoms with Gasteiger partial charge in [0.05, 0.1) is 0 Å². The van der Waals surface area contributed by atoms with Gasteiger partial charge in [-0.1, -0.05) is 91.4 Å². The second-order valence-corrected chi connectivity index (χ2v) is 8.09. The Labute approximate surface area is 148 Å². The maximum atomic E-state index is 2.80. The Morgan fingerprint density at radius 3 is 1.39 bits per heavy atom. The lowest BCUT2D eigenvalue weighted by Gasteiger charge is -2.39. The molecule has 0 bridgehead atoms. The highest BCUT2D eigenvalue weighted by Crippen LogP contribution is 2.24. The van der Waals surface area contributed by atoms with Crippen molar-refractivity contribution in [3.8, 4) is 0 Å². The minimum absolute atomic E-state index is 0.394. The molecule has 0 aromatic carbocycles. The van der Waals surface area contributed by atoms with Crippen LogP contribution in [0.15, 0.2) is 0 Å². The van der Waals surface area contributed by atoms with Crippen molar-refractivity contribution in [1.29, 1.82) is 0 Å². The van der Waals surface area contributed by atoms with Gasteiger partial charge in [0.15, 0.2) is 0 Å². The molecule has 1 nitrogen and oxygen atoms in total. The first-order valence-corrected chi connectivity index (χ1v) is 10.8. The zero-order chi connectivity index (χ0) is 17.4. The quantitative estimate of drug-likeness (QED) is 0.249. The molecule has 0 atom stereocenters. The van der Waals surface area contributed by atoms with Gasteiger partial charge in [0.2, 0.25) is 0 Å². The predicted molar refractivity (Wildman–Crippen MR) is 107 cm³/mol. The van der Waals surface area contributed by atoms with E-state index in [4.69, 9.17) is 0 Å². The van der Waals surface area contributed by atoms with Crippen molar-refractivity contribution in [1.82, 2.24) is 4.90 Å². The summed E-state index contributed by atoms with van der Waals surface area (Å²) in [7, 11) is 0. The van der Waals surface area contributed by atoms with Crippen molar-refractivity contribution in [3.05, 3.63) is 0 Å². The summed E-state index contributed by atoms with van der Waals surface area (Å²) in [4.78, 5) is 2.80. The molecule has 0 heterocycles. The van der Waals surface area contributed by atoms with Gasteiger partial charge in [0, 0.05) is 5.54 Å². The Morgan fingerprint density at radius 2 is 0.913 bits per heavy atom. The Bertz CT molecular complexity index is 224. The van der Waals surface area contributed by atoms with Gasteiger partial charge in [-0.2, -0.15) is 0 Å². The highest BCUT2D eigenvalue weighted by molar-refractivity contribution is 4.81. The van der Waals surface area contributed by atoms with Gasteiger partial charge in [0.1, 0.15) is 0 Å². The number of nitrogens with zero attached hydrogens (tertiary/aromatic N) is 1. The number of hydrogen-bond donors (Lipinski definition) is 0. The smallest absolute Gasteiger partial charge is 0.0153 e. The van der Waals surface area contributed by atoms with Crippen LogP contribution in [0, 0.1) is 0 Å². The van der Waals surface area contributed by atoms with Gasteiger partial charge in [-0.15, -0.1) is 0 Å². The minimum Gasteiger partial charge on any atom is -0.298 e. The van der Waals surface area contributed by atoms with Crippen LogP contribution in [0.4, 0.5) is 0 Å². The molecular weight excluding hydrogens is 278 g/mol. The summed E-state index contributed by atoms with van der Waals surface area (Å²) < 4.78 is 0. The van der Waals surface area contributed by atoms with Crippen LogP contribution in [0.3, 0.4) is 0 Å². The number of rotatable bonds is 17. The highest BCUT2D eigenvalue weighted by atomic mass is 15.2. The van der Waals surface area contributed by atoms with E-state index in [1.807, 2.05) is 0 Å². The van der Waals surface area contributed by atoms with E-state index >= 15 is 0 Å². The van der Waals surface area contributed by atoms with E-state index in [0.717, 1.165) is 0 Å². The molecule has 0 saturated heterocycles. The Morgan fingerprint density at radius 1 is 0.522 bits per heavy atom. The first kappa shape index (κ1) is 23.0. The first-order valence-electron chi connectivity index (χ1n) is 10.8. The molecule has 0 aliphatic rings. The average molecular weight is 326 g/mol. The Balaban J connectivity index is 4.08. The zero-order valence-electron chi connectivity index (χ0n) is 17.3. The Hall–Kier alpha value is -0.0400. The molecular formula is C22H47N. The maximum absolute atomic E-state index is 2.80. The molecule has 0 aromatic rings. The first-order chi connectivity index (χ1) is 11.1. The normalized spacial score (nSPS) is 12.3. The topological polar surface area (TPSA) is 3.24 Å². The summed E-state index contributed by atoms with van der Waals surface area (Å²) >= 11 is 0. The van der Waals surface area contributed by atoms with Crippen molar-refractivity contribution < 1.29 is 0 Å². The summed E-state index contributed by atoms with van der Waals surface area (Å²) in [6.45, 7) is 14.5. The highest BCUT2D eigenvalue weighted by Gasteiger charge is 2.25. The zero-order valence-corrected chi connectivity index (χ0v) is 17.3. The van der Waals surface area contributed by atoms with E-state index in [1.165, 1.54) is 103 Å². The molecule has 0 aliphatic carbocycles. The maximum Gasteiger partial charge on any atom is 0.0153 e. The summed E-state index contributed by atoms with van der Waals surface area (Å²) in [6, 6.07) is 0. The fourth-order valence-electron chi connectivity index (χ4n) is 3.50. The molecule has 0 unspecified atom stereocenters. The second-order valence-electron chi connectivity index (χ2n) is 8.09. The van der Waals surface area contributed by atoms with Gasteiger partial charge in [-0.3, -0.25) is 4.90 Å². The molecule has 23 heavy (non-hydrogen) atoms. The molecule has 0 amide bonds. The SMILES string of the molecule is CCCCCCCCCC(C)(C)N(CCCCC)CCCCC. The summed E-state index contributed by atoms with van der Waals surface area (Å²) in [5.41, 5.74) is 0.394. The third kappa shape index (κ3) is 13.0. The molecule has 0 rings (SSSR count). The van der Waals surface area contributed by atoms with E-state index in [9.17, 15) is 0 Å². The van der Waals surface area contributed by atoms with E-state index in [0.29, 0.717) is 5.54 Å². The number of unbranched alkanes of at least 4 members (excludes halogenated alkanes) is 10. The van der Waals surface area contributed by atoms with Crippen LogP contribution in [-0.2, 0) is 0 Å².